The minimum Gasteiger partial charge on any atom is -0.372 e. The van der Waals surface area contributed by atoms with Crippen LogP contribution in [0.4, 0.5) is 5.82 Å². The largest absolute Gasteiger partial charge is 0.372 e. The van der Waals surface area contributed by atoms with E-state index in [1.807, 2.05) is 37.3 Å². The number of rotatable bonds is 2. The lowest BCUT2D eigenvalue weighted by atomic mass is 10.1. The standard InChI is InChI=1S/C13H12N4/c1-9-4-3-5-10(6-9)13-16-8-11(7-14)12(15-2)17-13/h3-6,8H,1-2H3,(H,15,16,17). The van der Waals surface area contributed by atoms with E-state index in [0.717, 1.165) is 11.1 Å². The molecule has 0 aliphatic rings. The summed E-state index contributed by atoms with van der Waals surface area (Å²) in [6.07, 6.45) is 1.54. The molecule has 0 aliphatic carbocycles. The van der Waals surface area contributed by atoms with Crippen LogP contribution in [0.2, 0.25) is 0 Å². The maximum absolute atomic E-state index is 8.89. The second-order valence-corrected chi connectivity index (χ2v) is 3.69. The van der Waals surface area contributed by atoms with E-state index in [1.165, 1.54) is 6.20 Å². The Balaban J connectivity index is 2.51. The van der Waals surface area contributed by atoms with Crippen LogP contribution in [0.5, 0.6) is 0 Å². The highest BCUT2D eigenvalue weighted by atomic mass is 15.0. The van der Waals surface area contributed by atoms with Crippen molar-refractivity contribution in [3.63, 3.8) is 0 Å². The average molecular weight is 224 g/mol. The number of hydrogen-bond acceptors (Lipinski definition) is 4. The molecule has 1 N–H and O–H groups in total. The number of benzene rings is 1. The van der Waals surface area contributed by atoms with Gasteiger partial charge in [0.1, 0.15) is 17.5 Å². The van der Waals surface area contributed by atoms with E-state index in [1.54, 1.807) is 7.05 Å². The Hall–Kier alpha value is -2.41. The third-order valence-electron chi connectivity index (χ3n) is 2.42. The van der Waals surface area contributed by atoms with Gasteiger partial charge >= 0.3 is 0 Å². The molecular formula is C13H12N4. The molecule has 1 aromatic carbocycles. The second-order valence-electron chi connectivity index (χ2n) is 3.69. The van der Waals surface area contributed by atoms with Crippen LogP contribution in [0, 0.1) is 18.3 Å². The van der Waals surface area contributed by atoms with E-state index >= 15 is 0 Å². The first-order valence-corrected chi connectivity index (χ1v) is 5.26. The smallest absolute Gasteiger partial charge is 0.161 e. The normalized spacial score (nSPS) is 9.71. The van der Waals surface area contributed by atoms with Crippen molar-refractivity contribution in [3.05, 3.63) is 41.6 Å². The molecule has 0 radical (unpaired) electrons. The van der Waals surface area contributed by atoms with Gasteiger partial charge in [0.05, 0.1) is 6.20 Å². The monoisotopic (exact) mass is 224 g/mol. The predicted octanol–water partition coefficient (Wildman–Crippen LogP) is 2.37. The van der Waals surface area contributed by atoms with Gasteiger partial charge in [-0.2, -0.15) is 5.26 Å². The molecule has 0 bridgehead atoms. The van der Waals surface area contributed by atoms with Crippen LogP contribution < -0.4 is 5.32 Å². The van der Waals surface area contributed by atoms with Crippen LogP contribution >= 0.6 is 0 Å². The lowest BCUT2D eigenvalue weighted by Crippen LogP contribution is -1.99. The molecule has 0 atom stereocenters. The molecule has 0 spiro atoms. The fraction of sp³-hybridized carbons (Fsp3) is 0.154. The number of nitrogens with one attached hydrogen (secondary N) is 1. The summed E-state index contributed by atoms with van der Waals surface area (Å²) in [5, 5.41) is 11.8. The maximum atomic E-state index is 8.89. The topological polar surface area (TPSA) is 61.6 Å². The minimum atomic E-state index is 0.448. The fourth-order valence-corrected chi connectivity index (χ4v) is 1.58. The zero-order valence-corrected chi connectivity index (χ0v) is 9.73. The van der Waals surface area contributed by atoms with Gasteiger partial charge in [0, 0.05) is 12.6 Å². The number of nitriles is 1. The number of aromatic nitrogens is 2. The molecule has 4 heteroatoms. The van der Waals surface area contributed by atoms with Crippen LogP contribution in [0.15, 0.2) is 30.5 Å². The molecule has 2 rings (SSSR count). The highest BCUT2D eigenvalue weighted by Crippen LogP contribution is 2.19. The molecule has 0 saturated carbocycles. The summed E-state index contributed by atoms with van der Waals surface area (Å²) in [5.41, 5.74) is 2.55. The molecule has 1 heterocycles. The molecule has 17 heavy (non-hydrogen) atoms. The van der Waals surface area contributed by atoms with Crippen LogP contribution in [0.3, 0.4) is 0 Å². The SMILES string of the molecule is CNc1nc(-c2cccc(C)c2)ncc1C#N. The predicted molar refractivity (Wildman–Crippen MR) is 66.5 cm³/mol. The van der Waals surface area contributed by atoms with Crippen molar-refractivity contribution in [2.75, 3.05) is 12.4 Å². The van der Waals surface area contributed by atoms with Crippen LogP contribution in [-0.4, -0.2) is 17.0 Å². The Kier molecular flexibility index (Phi) is 3.01. The fourth-order valence-electron chi connectivity index (χ4n) is 1.58. The lowest BCUT2D eigenvalue weighted by molar-refractivity contribution is 1.15. The van der Waals surface area contributed by atoms with E-state index in [9.17, 15) is 0 Å². The molecule has 0 unspecified atom stereocenters. The van der Waals surface area contributed by atoms with Crippen molar-refractivity contribution in [1.82, 2.24) is 9.97 Å². The molecule has 2 aromatic rings. The summed E-state index contributed by atoms with van der Waals surface area (Å²) >= 11 is 0. The number of aryl methyl sites for hydroxylation is 1. The zero-order valence-electron chi connectivity index (χ0n) is 9.73. The van der Waals surface area contributed by atoms with E-state index in [2.05, 4.69) is 15.3 Å². The first-order valence-electron chi connectivity index (χ1n) is 5.26. The highest BCUT2D eigenvalue weighted by molar-refractivity contribution is 5.61. The number of hydrogen-bond donors (Lipinski definition) is 1. The Morgan fingerprint density at radius 1 is 1.35 bits per heavy atom. The Labute approximate surface area is 100.0 Å². The van der Waals surface area contributed by atoms with Crippen molar-refractivity contribution in [1.29, 1.82) is 5.26 Å². The Morgan fingerprint density at radius 2 is 2.18 bits per heavy atom. The molecule has 0 saturated heterocycles. The zero-order chi connectivity index (χ0) is 12.3. The van der Waals surface area contributed by atoms with Gasteiger partial charge in [-0.15, -0.1) is 0 Å². The maximum Gasteiger partial charge on any atom is 0.161 e. The summed E-state index contributed by atoms with van der Waals surface area (Å²) < 4.78 is 0. The number of anilines is 1. The second kappa shape index (κ2) is 4.62. The third-order valence-corrected chi connectivity index (χ3v) is 2.42. The van der Waals surface area contributed by atoms with Gasteiger partial charge in [-0.1, -0.05) is 23.8 Å². The van der Waals surface area contributed by atoms with Crippen molar-refractivity contribution in [2.45, 2.75) is 6.92 Å². The molecule has 0 amide bonds. The molecule has 0 fully saturated rings. The van der Waals surface area contributed by atoms with Gasteiger partial charge in [0.25, 0.3) is 0 Å². The molecule has 84 valence electrons. The van der Waals surface area contributed by atoms with Gasteiger partial charge in [-0.05, 0) is 13.0 Å². The van der Waals surface area contributed by atoms with Crippen LogP contribution in [0.1, 0.15) is 11.1 Å². The van der Waals surface area contributed by atoms with Gasteiger partial charge in [0.2, 0.25) is 0 Å². The Bertz CT molecular complexity index is 584. The van der Waals surface area contributed by atoms with E-state index in [0.29, 0.717) is 17.2 Å². The van der Waals surface area contributed by atoms with Gasteiger partial charge in [-0.3, -0.25) is 0 Å². The Morgan fingerprint density at radius 3 is 2.82 bits per heavy atom. The summed E-state index contributed by atoms with van der Waals surface area (Å²) in [7, 11) is 1.74. The highest BCUT2D eigenvalue weighted by Gasteiger charge is 2.06. The summed E-state index contributed by atoms with van der Waals surface area (Å²) in [4.78, 5) is 8.52. The van der Waals surface area contributed by atoms with E-state index < -0.39 is 0 Å². The quantitative estimate of drug-likeness (QED) is 0.850. The van der Waals surface area contributed by atoms with Crippen molar-refractivity contribution < 1.29 is 0 Å². The summed E-state index contributed by atoms with van der Waals surface area (Å²) in [6, 6.07) is 10.00. The molecule has 4 nitrogen and oxygen atoms in total. The first-order chi connectivity index (χ1) is 8.24. The van der Waals surface area contributed by atoms with Crippen LogP contribution in [-0.2, 0) is 0 Å². The first kappa shape index (κ1) is 11.1. The lowest BCUT2D eigenvalue weighted by Gasteiger charge is -2.05. The van der Waals surface area contributed by atoms with E-state index in [4.69, 9.17) is 5.26 Å². The summed E-state index contributed by atoms with van der Waals surface area (Å²) in [6.45, 7) is 2.02. The van der Waals surface area contributed by atoms with Crippen LogP contribution in [0.25, 0.3) is 11.4 Å². The third kappa shape index (κ3) is 2.23. The van der Waals surface area contributed by atoms with Crippen molar-refractivity contribution >= 4 is 5.82 Å². The molecule has 1 aromatic heterocycles. The molecular weight excluding hydrogens is 212 g/mol. The molecule has 0 aliphatic heterocycles. The van der Waals surface area contributed by atoms with Gasteiger partial charge in [0.15, 0.2) is 5.82 Å². The van der Waals surface area contributed by atoms with E-state index in [-0.39, 0.29) is 0 Å². The van der Waals surface area contributed by atoms with Crippen molar-refractivity contribution in [2.24, 2.45) is 0 Å². The van der Waals surface area contributed by atoms with Gasteiger partial charge < -0.3 is 5.32 Å². The minimum absolute atomic E-state index is 0.448. The van der Waals surface area contributed by atoms with Crippen molar-refractivity contribution in [3.8, 4) is 17.5 Å². The van der Waals surface area contributed by atoms with Gasteiger partial charge in [-0.25, -0.2) is 9.97 Å². The number of nitrogens with zero attached hydrogens (tertiary/aromatic N) is 3. The average Bonchev–Trinajstić information content (AvgIpc) is 2.38. The summed E-state index contributed by atoms with van der Waals surface area (Å²) in [5.74, 6) is 1.18.